The van der Waals surface area contributed by atoms with Gasteiger partial charge in [-0.3, -0.25) is 9.89 Å². The first-order valence-electron chi connectivity index (χ1n) is 4.37. The maximum absolute atomic E-state index is 11.1. The second kappa shape index (κ2) is 3.45. The van der Waals surface area contributed by atoms with Crippen molar-refractivity contribution in [3.63, 3.8) is 0 Å². The number of benzene rings is 1. The number of amides is 1. The molecule has 0 unspecified atom stereocenters. The minimum atomic E-state index is -0.533. The number of rotatable bonds is 2. The van der Waals surface area contributed by atoms with Gasteiger partial charge < -0.3 is 11.5 Å². The zero-order valence-corrected chi connectivity index (χ0v) is 7.90. The summed E-state index contributed by atoms with van der Waals surface area (Å²) in [5.41, 5.74) is 13.2. The highest BCUT2D eigenvalue weighted by Gasteiger charge is 2.08. The zero-order chi connectivity index (χ0) is 10.8. The Labute approximate surface area is 86.1 Å². The standard InChI is InChI=1S/C10H10N4O/c11-8-2-1-6(5-7(8)10(12)15)9-3-4-13-14-9/h1-5H,11H2,(H2,12,15)(H,13,14). The molecule has 0 saturated heterocycles. The number of aromatic amines is 1. The maximum Gasteiger partial charge on any atom is 0.250 e. The summed E-state index contributed by atoms with van der Waals surface area (Å²) in [4.78, 5) is 11.1. The van der Waals surface area contributed by atoms with E-state index < -0.39 is 5.91 Å². The molecule has 1 aromatic carbocycles. The fraction of sp³-hybridized carbons (Fsp3) is 0. The van der Waals surface area contributed by atoms with Crippen molar-refractivity contribution >= 4 is 11.6 Å². The number of primary amides is 1. The first-order chi connectivity index (χ1) is 7.18. The van der Waals surface area contributed by atoms with Crippen molar-refractivity contribution in [2.24, 2.45) is 5.73 Å². The molecule has 0 fully saturated rings. The minimum absolute atomic E-state index is 0.321. The van der Waals surface area contributed by atoms with Crippen LogP contribution in [0.2, 0.25) is 0 Å². The van der Waals surface area contributed by atoms with E-state index in [-0.39, 0.29) is 0 Å². The van der Waals surface area contributed by atoms with Crippen molar-refractivity contribution in [1.29, 1.82) is 0 Å². The van der Waals surface area contributed by atoms with Crippen molar-refractivity contribution in [1.82, 2.24) is 10.2 Å². The molecule has 0 aliphatic heterocycles. The summed E-state index contributed by atoms with van der Waals surface area (Å²) in [5.74, 6) is -0.533. The molecule has 2 rings (SSSR count). The number of carbonyl (C=O) groups is 1. The Morgan fingerprint density at radius 2 is 2.13 bits per heavy atom. The lowest BCUT2D eigenvalue weighted by atomic mass is 10.1. The van der Waals surface area contributed by atoms with Gasteiger partial charge in [0.05, 0.1) is 11.3 Å². The fourth-order valence-corrected chi connectivity index (χ4v) is 1.35. The second-order valence-electron chi connectivity index (χ2n) is 3.14. The second-order valence-corrected chi connectivity index (χ2v) is 3.14. The predicted octanol–water partition coefficient (Wildman–Crippen LogP) is 0.758. The third-order valence-electron chi connectivity index (χ3n) is 2.13. The molecule has 5 heteroatoms. The Morgan fingerprint density at radius 1 is 1.33 bits per heavy atom. The predicted molar refractivity (Wildman–Crippen MR) is 57.0 cm³/mol. The summed E-state index contributed by atoms with van der Waals surface area (Å²) in [5, 5.41) is 6.62. The first kappa shape index (κ1) is 9.26. The largest absolute Gasteiger partial charge is 0.398 e. The van der Waals surface area contributed by atoms with Crippen molar-refractivity contribution in [3.05, 3.63) is 36.0 Å². The molecule has 2 aromatic rings. The Morgan fingerprint density at radius 3 is 2.73 bits per heavy atom. The van der Waals surface area contributed by atoms with E-state index in [2.05, 4.69) is 10.2 Å². The number of hydrogen-bond donors (Lipinski definition) is 3. The number of nitrogen functional groups attached to an aromatic ring is 1. The van der Waals surface area contributed by atoms with Crippen LogP contribution in [0.3, 0.4) is 0 Å². The lowest BCUT2D eigenvalue weighted by Gasteiger charge is -2.03. The molecule has 0 aliphatic carbocycles. The van der Waals surface area contributed by atoms with Crippen molar-refractivity contribution < 1.29 is 4.79 Å². The number of nitrogens with zero attached hydrogens (tertiary/aromatic N) is 1. The first-order valence-corrected chi connectivity index (χ1v) is 4.37. The molecule has 0 bridgehead atoms. The lowest BCUT2D eigenvalue weighted by molar-refractivity contribution is 0.100. The minimum Gasteiger partial charge on any atom is -0.398 e. The highest BCUT2D eigenvalue weighted by Crippen LogP contribution is 2.21. The van der Waals surface area contributed by atoms with Gasteiger partial charge in [-0.1, -0.05) is 6.07 Å². The van der Waals surface area contributed by atoms with Crippen molar-refractivity contribution in [3.8, 4) is 11.3 Å². The van der Waals surface area contributed by atoms with Gasteiger partial charge in [-0.15, -0.1) is 0 Å². The van der Waals surface area contributed by atoms with Gasteiger partial charge in [0.25, 0.3) is 5.91 Å². The van der Waals surface area contributed by atoms with E-state index in [0.29, 0.717) is 11.3 Å². The number of nitrogens with two attached hydrogens (primary N) is 2. The average molecular weight is 202 g/mol. The number of aromatic nitrogens is 2. The van der Waals surface area contributed by atoms with Gasteiger partial charge in [0.2, 0.25) is 0 Å². The van der Waals surface area contributed by atoms with Crippen LogP contribution >= 0.6 is 0 Å². The van der Waals surface area contributed by atoms with Crippen molar-refractivity contribution in [2.75, 3.05) is 5.73 Å². The van der Waals surface area contributed by atoms with E-state index in [4.69, 9.17) is 11.5 Å². The van der Waals surface area contributed by atoms with Crippen LogP contribution in [0.4, 0.5) is 5.69 Å². The van der Waals surface area contributed by atoms with E-state index in [1.165, 1.54) is 0 Å². The molecule has 0 atom stereocenters. The number of H-pyrrole nitrogens is 1. The summed E-state index contributed by atoms with van der Waals surface area (Å²) < 4.78 is 0. The van der Waals surface area contributed by atoms with Crippen LogP contribution in [0.15, 0.2) is 30.5 Å². The Bertz CT molecular complexity index is 490. The van der Waals surface area contributed by atoms with E-state index >= 15 is 0 Å². The summed E-state index contributed by atoms with van der Waals surface area (Å²) in [6.45, 7) is 0. The molecule has 0 spiro atoms. The van der Waals surface area contributed by atoms with E-state index in [1.807, 2.05) is 0 Å². The summed E-state index contributed by atoms with van der Waals surface area (Å²) in [7, 11) is 0. The summed E-state index contributed by atoms with van der Waals surface area (Å²) in [6, 6.07) is 6.90. The smallest absolute Gasteiger partial charge is 0.250 e. The van der Waals surface area contributed by atoms with Gasteiger partial charge in [0.1, 0.15) is 0 Å². The molecular formula is C10H10N4O. The highest BCUT2D eigenvalue weighted by atomic mass is 16.1. The molecule has 1 aromatic heterocycles. The highest BCUT2D eigenvalue weighted by molar-refractivity contribution is 5.99. The molecule has 0 saturated carbocycles. The van der Waals surface area contributed by atoms with Crippen LogP contribution < -0.4 is 11.5 Å². The van der Waals surface area contributed by atoms with E-state index in [1.54, 1.807) is 30.5 Å². The van der Waals surface area contributed by atoms with E-state index in [9.17, 15) is 4.79 Å². The number of anilines is 1. The zero-order valence-electron chi connectivity index (χ0n) is 7.90. The van der Waals surface area contributed by atoms with Gasteiger partial charge in [-0.25, -0.2) is 0 Å². The van der Waals surface area contributed by atoms with Crippen LogP contribution in [-0.4, -0.2) is 16.1 Å². The van der Waals surface area contributed by atoms with Crippen LogP contribution in [0.25, 0.3) is 11.3 Å². The molecule has 5 nitrogen and oxygen atoms in total. The quantitative estimate of drug-likeness (QED) is 0.627. The maximum atomic E-state index is 11.1. The number of nitrogens with one attached hydrogen (secondary N) is 1. The molecule has 1 heterocycles. The molecule has 1 amide bonds. The number of carbonyl (C=O) groups excluding carboxylic acids is 1. The van der Waals surface area contributed by atoms with Gasteiger partial charge in [-0.05, 0) is 18.2 Å². The molecule has 76 valence electrons. The number of hydrogen-bond acceptors (Lipinski definition) is 3. The third kappa shape index (κ3) is 1.67. The molecular weight excluding hydrogens is 192 g/mol. The molecule has 0 aliphatic rings. The topological polar surface area (TPSA) is 97.8 Å². The molecule has 15 heavy (non-hydrogen) atoms. The fourth-order valence-electron chi connectivity index (χ4n) is 1.35. The van der Waals surface area contributed by atoms with E-state index in [0.717, 1.165) is 11.3 Å². The van der Waals surface area contributed by atoms with Crippen molar-refractivity contribution in [2.45, 2.75) is 0 Å². The lowest BCUT2D eigenvalue weighted by Crippen LogP contribution is -2.13. The monoisotopic (exact) mass is 202 g/mol. The van der Waals surface area contributed by atoms with Crippen LogP contribution in [0, 0.1) is 0 Å². The normalized spacial score (nSPS) is 10.1. The van der Waals surface area contributed by atoms with Gasteiger partial charge in [0, 0.05) is 17.4 Å². The Balaban J connectivity index is 2.52. The van der Waals surface area contributed by atoms with Crippen LogP contribution in [-0.2, 0) is 0 Å². The van der Waals surface area contributed by atoms with Gasteiger partial charge >= 0.3 is 0 Å². The Hall–Kier alpha value is -2.30. The van der Waals surface area contributed by atoms with Crippen LogP contribution in [0.1, 0.15) is 10.4 Å². The van der Waals surface area contributed by atoms with Crippen LogP contribution in [0.5, 0.6) is 0 Å². The summed E-state index contributed by atoms with van der Waals surface area (Å²) in [6.07, 6.45) is 1.63. The average Bonchev–Trinajstić information content (AvgIpc) is 2.71. The molecule has 5 N–H and O–H groups in total. The third-order valence-corrected chi connectivity index (χ3v) is 2.13. The Kier molecular flexibility index (Phi) is 2.13. The molecule has 0 radical (unpaired) electrons. The van der Waals surface area contributed by atoms with Gasteiger partial charge in [-0.2, -0.15) is 5.10 Å². The van der Waals surface area contributed by atoms with Gasteiger partial charge in [0.15, 0.2) is 0 Å². The SMILES string of the molecule is NC(=O)c1cc(-c2ccn[nH]2)ccc1N. The summed E-state index contributed by atoms with van der Waals surface area (Å²) >= 11 is 0.